The molecular formula is C19H19N5O4. The van der Waals surface area contributed by atoms with Gasteiger partial charge in [0, 0.05) is 31.8 Å². The second-order valence-corrected chi connectivity index (χ2v) is 6.36. The fourth-order valence-corrected chi connectivity index (χ4v) is 2.55. The summed E-state index contributed by atoms with van der Waals surface area (Å²) < 4.78 is 5.11. The van der Waals surface area contributed by atoms with Crippen molar-refractivity contribution in [2.75, 3.05) is 6.54 Å². The highest BCUT2D eigenvalue weighted by Gasteiger charge is 2.35. The molecule has 28 heavy (non-hydrogen) atoms. The molecule has 0 saturated carbocycles. The van der Waals surface area contributed by atoms with Crippen molar-refractivity contribution in [1.29, 1.82) is 0 Å². The van der Waals surface area contributed by atoms with Gasteiger partial charge in [-0.2, -0.15) is 4.98 Å². The molecule has 0 spiro atoms. The lowest BCUT2D eigenvalue weighted by Gasteiger charge is -2.25. The number of carboxylic acids is 1. The monoisotopic (exact) mass is 381 g/mol. The number of nitrogens with zero attached hydrogens (tertiary/aromatic N) is 4. The molecule has 1 unspecified atom stereocenters. The number of aliphatic carboxylic acids is 1. The first-order valence-electron chi connectivity index (χ1n) is 8.64. The molecular weight excluding hydrogens is 362 g/mol. The molecule has 144 valence electrons. The molecule has 1 amide bonds. The Labute approximate surface area is 160 Å². The SMILES string of the molecule is CC(CNC(=O)CCc1nc(-c2ncccn2)no1)(C(=O)O)c1ccccc1. The summed E-state index contributed by atoms with van der Waals surface area (Å²) in [5.74, 6) is -0.454. The number of benzene rings is 1. The summed E-state index contributed by atoms with van der Waals surface area (Å²) in [5, 5.41) is 16.1. The lowest BCUT2D eigenvalue weighted by Crippen LogP contribution is -2.44. The first-order chi connectivity index (χ1) is 13.5. The highest BCUT2D eigenvalue weighted by atomic mass is 16.5. The third kappa shape index (κ3) is 4.37. The third-order valence-electron chi connectivity index (χ3n) is 4.32. The lowest BCUT2D eigenvalue weighted by atomic mass is 9.82. The van der Waals surface area contributed by atoms with Crippen molar-refractivity contribution in [2.45, 2.75) is 25.2 Å². The lowest BCUT2D eigenvalue weighted by molar-refractivity contribution is -0.143. The standard InChI is InChI=1S/C19H19N5O4/c1-19(18(26)27,13-6-3-2-4-7-13)12-22-14(25)8-9-15-23-17(24-28-15)16-20-10-5-11-21-16/h2-7,10-11H,8-9,12H2,1H3,(H,22,25)(H,26,27). The van der Waals surface area contributed by atoms with E-state index in [0.717, 1.165) is 0 Å². The van der Waals surface area contributed by atoms with Gasteiger partial charge in [0.2, 0.25) is 23.4 Å². The number of hydrogen-bond donors (Lipinski definition) is 2. The molecule has 9 nitrogen and oxygen atoms in total. The van der Waals surface area contributed by atoms with Gasteiger partial charge in [-0.1, -0.05) is 35.5 Å². The zero-order valence-corrected chi connectivity index (χ0v) is 15.2. The summed E-state index contributed by atoms with van der Waals surface area (Å²) in [5.41, 5.74) is -0.605. The Morgan fingerprint density at radius 2 is 1.82 bits per heavy atom. The number of aryl methyl sites for hydroxylation is 1. The van der Waals surface area contributed by atoms with Crippen LogP contribution in [-0.2, 0) is 21.4 Å². The fraction of sp³-hybridized carbons (Fsp3) is 0.263. The maximum atomic E-state index is 12.2. The van der Waals surface area contributed by atoms with Crippen molar-refractivity contribution in [3.8, 4) is 11.6 Å². The number of carboxylic acid groups (broad SMARTS) is 1. The molecule has 0 bridgehead atoms. The molecule has 9 heteroatoms. The quantitative estimate of drug-likeness (QED) is 0.602. The molecule has 0 saturated heterocycles. The van der Waals surface area contributed by atoms with Gasteiger partial charge in [0.15, 0.2) is 0 Å². The summed E-state index contributed by atoms with van der Waals surface area (Å²) in [4.78, 5) is 36.1. The number of nitrogens with one attached hydrogen (secondary N) is 1. The van der Waals surface area contributed by atoms with E-state index in [1.807, 2.05) is 6.07 Å². The number of aromatic nitrogens is 4. The van der Waals surface area contributed by atoms with E-state index in [4.69, 9.17) is 4.52 Å². The fourth-order valence-electron chi connectivity index (χ4n) is 2.55. The van der Waals surface area contributed by atoms with E-state index in [-0.39, 0.29) is 37.0 Å². The van der Waals surface area contributed by atoms with Crippen LogP contribution in [0.15, 0.2) is 53.3 Å². The maximum Gasteiger partial charge on any atom is 0.315 e. The smallest absolute Gasteiger partial charge is 0.315 e. The number of carbonyl (C=O) groups is 2. The number of carbonyl (C=O) groups excluding carboxylic acids is 1. The topological polar surface area (TPSA) is 131 Å². The Bertz CT molecular complexity index is 945. The Balaban J connectivity index is 1.56. The second-order valence-electron chi connectivity index (χ2n) is 6.36. The van der Waals surface area contributed by atoms with Crippen molar-refractivity contribution in [3.63, 3.8) is 0 Å². The number of hydrogen-bond acceptors (Lipinski definition) is 7. The van der Waals surface area contributed by atoms with Crippen LogP contribution in [0.25, 0.3) is 11.6 Å². The molecule has 2 heterocycles. The summed E-state index contributed by atoms with van der Waals surface area (Å²) in [7, 11) is 0. The van der Waals surface area contributed by atoms with Gasteiger partial charge in [-0.25, -0.2) is 9.97 Å². The summed E-state index contributed by atoms with van der Waals surface area (Å²) in [6.45, 7) is 1.55. The molecule has 0 aliphatic heterocycles. The first kappa shape index (κ1) is 19.2. The van der Waals surface area contributed by atoms with Crippen LogP contribution in [0.1, 0.15) is 24.8 Å². The van der Waals surface area contributed by atoms with E-state index < -0.39 is 11.4 Å². The van der Waals surface area contributed by atoms with E-state index in [1.165, 1.54) is 0 Å². The van der Waals surface area contributed by atoms with Crippen LogP contribution in [0.4, 0.5) is 0 Å². The van der Waals surface area contributed by atoms with Gasteiger partial charge in [0.1, 0.15) is 5.41 Å². The molecule has 0 aliphatic rings. The Morgan fingerprint density at radius 1 is 1.11 bits per heavy atom. The molecule has 3 aromatic rings. The average Bonchev–Trinajstić information content (AvgIpc) is 3.21. The maximum absolute atomic E-state index is 12.2. The van der Waals surface area contributed by atoms with Crippen molar-refractivity contribution in [3.05, 3.63) is 60.2 Å². The minimum atomic E-state index is -1.22. The highest BCUT2D eigenvalue weighted by Crippen LogP contribution is 2.23. The van der Waals surface area contributed by atoms with Crippen LogP contribution in [0.2, 0.25) is 0 Å². The van der Waals surface area contributed by atoms with E-state index in [9.17, 15) is 14.7 Å². The molecule has 2 N–H and O–H groups in total. The minimum Gasteiger partial charge on any atom is -0.481 e. The van der Waals surface area contributed by atoms with Crippen molar-refractivity contribution < 1.29 is 19.2 Å². The van der Waals surface area contributed by atoms with E-state index in [2.05, 4.69) is 25.4 Å². The summed E-state index contributed by atoms with van der Waals surface area (Å²) >= 11 is 0. The largest absolute Gasteiger partial charge is 0.481 e. The Morgan fingerprint density at radius 3 is 2.50 bits per heavy atom. The van der Waals surface area contributed by atoms with Crippen LogP contribution >= 0.6 is 0 Å². The van der Waals surface area contributed by atoms with E-state index >= 15 is 0 Å². The zero-order valence-electron chi connectivity index (χ0n) is 15.2. The van der Waals surface area contributed by atoms with Crippen LogP contribution in [0.5, 0.6) is 0 Å². The van der Waals surface area contributed by atoms with Gasteiger partial charge in [-0.15, -0.1) is 0 Å². The van der Waals surface area contributed by atoms with Crippen molar-refractivity contribution in [2.24, 2.45) is 0 Å². The van der Waals surface area contributed by atoms with Crippen molar-refractivity contribution >= 4 is 11.9 Å². The molecule has 0 fully saturated rings. The van der Waals surface area contributed by atoms with Crippen LogP contribution in [0, 0.1) is 0 Å². The Hall–Kier alpha value is -3.62. The van der Waals surface area contributed by atoms with Gasteiger partial charge in [0.05, 0.1) is 0 Å². The number of rotatable bonds is 8. The van der Waals surface area contributed by atoms with Gasteiger partial charge in [-0.05, 0) is 18.6 Å². The van der Waals surface area contributed by atoms with Crippen LogP contribution < -0.4 is 5.32 Å². The predicted molar refractivity (Wildman–Crippen MR) is 98.1 cm³/mol. The molecule has 0 aliphatic carbocycles. The van der Waals surface area contributed by atoms with E-state index in [1.54, 1.807) is 49.6 Å². The van der Waals surface area contributed by atoms with Gasteiger partial charge in [-0.3, -0.25) is 9.59 Å². The third-order valence-corrected chi connectivity index (χ3v) is 4.32. The second kappa shape index (κ2) is 8.38. The Kier molecular flexibility index (Phi) is 5.73. The molecule has 2 aromatic heterocycles. The van der Waals surface area contributed by atoms with E-state index in [0.29, 0.717) is 11.4 Å². The zero-order chi connectivity index (χ0) is 20.0. The molecule has 3 rings (SSSR count). The van der Waals surface area contributed by atoms with Crippen molar-refractivity contribution in [1.82, 2.24) is 25.4 Å². The molecule has 0 radical (unpaired) electrons. The van der Waals surface area contributed by atoms with Gasteiger partial charge >= 0.3 is 5.97 Å². The average molecular weight is 381 g/mol. The molecule has 1 atom stereocenters. The minimum absolute atomic E-state index is 0.0296. The molecule has 1 aromatic carbocycles. The highest BCUT2D eigenvalue weighted by molar-refractivity contribution is 5.83. The van der Waals surface area contributed by atoms with Crippen LogP contribution in [0.3, 0.4) is 0 Å². The summed E-state index contributed by atoms with van der Waals surface area (Å²) in [6, 6.07) is 10.5. The van der Waals surface area contributed by atoms with Gasteiger partial charge in [0.25, 0.3) is 0 Å². The first-order valence-corrected chi connectivity index (χ1v) is 8.64. The van der Waals surface area contributed by atoms with Gasteiger partial charge < -0.3 is 14.9 Å². The summed E-state index contributed by atoms with van der Waals surface area (Å²) in [6.07, 6.45) is 3.44. The number of amides is 1. The van der Waals surface area contributed by atoms with Crippen LogP contribution in [-0.4, -0.2) is 43.6 Å². The predicted octanol–water partition coefficient (Wildman–Crippen LogP) is 1.62. The normalized spacial score (nSPS) is 12.9.